The molecule has 0 atom stereocenters. The molecule has 0 saturated heterocycles. The van der Waals surface area contributed by atoms with Crippen molar-refractivity contribution in [2.45, 2.75) is 6.42 Å². The minimum Gasteiger partial charge on any atom is -0.375 e. The fraction of sp³-hybridized carbons (Fsp3) is 0.200. The fourth-order valence-corrected chi connectivity index (χ4v) is 2.66. The SMILES string of the molecule is O=C(CNc1ccccc1Cl)NC(=O)NCCc1cccs1. The molecule has 0 aliphatic carbocycles. The van der Waals surface area contributed by atoms with Crippen LogP contribution in [0.25, 0.3) is 0 Å². The van der Waals surface area contributed by atoms with Gasteiger partial charge in [0.2, 0.25) is 5.91 Å². The lowest BCUT2D eigenvalue weighted by Gasteiger charge is -2.09. The van der Waals surface area contributed by atoms with Crippen LogP contribution in [-0.2, 0) is 11.2 Å². The second-order valence-electron chi connectivity index (χ2n) is 4.47. The molecule has 7 heteroatoms. The quantitative estimate of drug-likeness (QED) is 0.759. The Morgan fingerprint density at radius 1 is 1.14 bits per heavy atom. The van der Waals surface area contributed by atoms with E-state index in [2.05, 4.69) is 16.0 Å². The fourth-order valence-electron chi connectivity index (χ4n) is 1.75. The number of halogens is 1. The van der Waals surface area contributed by atoms with E-state index in [-0.39, 0.29) is 6.54 Å². The lowest BCUT2D eigenvalue weighted by atomic mass is 10.3. The highest BCUT2D eigenvalue weighted by atomic mass is 35.5. The monoisotopic (exact) mass is 337 g/mol. The highest BCUT2D eigenvalue weighted by molar-refractivity contribution is 7.09. The predicted molar refractivity (Wildman–Crippen MR) is 89.5 cm³/mol. The summed E-state index contributed by atoms with van der Waals surface area (Å²) in [6, 6.07) is 10.6. The van der Waals surface area contributed by atoms with Gasteiger partial charge in [0.15, 0.2) is 0 Å². The first-order valence-electron chi connectivity index (χ1n) is 6.73. The Balaban J connectivity index is 1.66. The van der Waals surface area contributed by atoms with Crippen molar-refractivity contribution in [1.82, 2.24) is 10.6 Å². The summed E-state index contributed by atoms with van der Waals surface area (Å²) in [7, 11) is 0. The topological polar surface area (TPSA) is 70.2 Å². The van der Waals surface area contributed by atoms with Gasteiger partial charge < -0.3 is 10.6 Å². The van der Waals surface area contributed by atoms with E-state index in [9.17, 15) is 9.59 Å². The van der Waals surface area contributed by atoms with Crippen LogP contribution in [0.1, 0.15) is 4.88 Å². The Labute approximate surface area is 137 Å². The van der Waals surface area contributed by atoms with Gasteiger partial charge >= 0.3 is 6.03 Å². The number of amides is 3. The van der Waals surface area contributed by atoms with Crippen LogP contribution in [0.15, 0.2) is 41.8 Å². The van der Waals surface area contributed by atoms with Crippen LogP contribution in [-0.4, -0.2) is 25.0 Å². The molecular weight excluding hydrogens is 322 g/mol. The summed E-state index contributed by atoms with van der Waals surface area (Å²) in [6.45, 7) is 0.458. The molecule has 3 amide bonds. The molecule has 0 fully saturated rings. The van der Waals surface area contributed by atoms with Crippen LogP contribution < -0.4 is 16.0 Å². The molecule has 3 N–H and O–H groups in total. The van der Waals surface area contributed by atoms with Gasteiger partial charge in [-0.3, -0.25) is 10.1 Å². The number of anilines is 1. The standard InChI is InChI=1S/C15H16ClN3O2S/c16-12-5-1-2-6-13(12)18-10-14(20)19-15(21)17-8-7-11-4-3-9-22-11/h1-6,9,18H,7-8,10H2,(H2,17,19,20,21). The van der Waals surface area contributed by atoms with Crippen molar-refractivity contribution in [2.24, 2.45) is 0 Å². The number of carbonyl (C=O) groups excluding carboxylic acids is 2. The number of para-hydroxylation sites is 1. The maximum atomic E-state index is 11.7. The zero-order valence-electron chi connectivity index (χ0n) is 11.8. The van der Waals surface area contributed by atoms with Gasteiger partial charge in [-0.15, -0.1) is 11.3 Å². The van der Waals surface area contributed by atoms with Crippen LogP contribution in [0.5, 0.6) is 0 Å². The maximum absolute atomic E-state index is 11.7. The molecule has 1 heterocycles. The summed E-state index contributed by atoms with van der Waals surface area (Å²) >= 11 is 7.59. The first-order valence-corrected chi connectivity index (χ1v) is 7.99. The highest BCUT2D eigenvalue weighted by Gasteiger charge is 2.08. The molecule has 2 rings (SSSR count). The smallest absolute Gasteiger partial charge is 0.321 e. The number of imide groups is 1. The number of urea groups is 1. The minimum atomic E-state index is -0.498. The summed E-state index contributed by atoms with van der Waals surface area (Å²) in [5.74, 6) is -0.423. The maximum Gasteiger partial charge on any atom is 0.321 e. The van der Waals surface area contributed by atoms with Crippen molar-refractivity contribution >= 4 is 40.6 Å². The summed E-state index contributed by atoms with van der Waals surface area (Å²) in [5, 5.41) is 10.3. The van der Waals surface area contributed by atoms with Crippen LogP contribution in [0.2, 0.25) is 5.02 Å². The average molecular weight is 338 g/mol. The molecule has 0 spiro atoms. The molecule has 5 nitrogen and oxygen atoms in total. The zero-order chi connectivity index (χ0) is 15.8. The van der Waals surface area contributed by atoms with Gasteiger partial charge in [0.05, 0.1) is 17.3 Å². The molecule has 0 radical (unpaired) electrons. The van der Waals surface area contributed by atoms with Crippen molar-refractivity contribution in [2.75, 3.05) is 18.4 Å². The third-order valence-electron chi connectivity index (χ3n) is 2.80. The van der Waals surface area contributed by atoms with E-state index in [4.69, 9.17) is 11.6 Å². The predicted octanol–water partition coefficient (Wildman–Crippen LogP) is 2.88. The van der Waals surface area contributed by atoms with Gasteiger partial charge in [0.25, 0.3) is 0 Å². The molecule has 0 aliphatic heterocycles. The first-order chi connectivity index (χ1) is 10.6. The molecule has 0 bridgehead atoms. The average Bonchev–Trinajstić information content (AvgIpc) is 2.99. The van der Waals surface area contributed by atoms with E-state index in [1.807, 2.05) is 23.6 Å². The number of thiophene rings is 1. The summed E-state index contributed by atoms with van der Waals surface area (Å²) < 4.78 is 0. The van der Waals surface area contributed by atoms with Crippen molar-refractivity contribution in [3.8, 4) is 0 Å². The minimum absolute atomic E-state index is 0.0257. The van der Waals surface area contributed by atoms with E-state index in [1.54, 1.807) is 29.5 Å². The second-order valence-corrected chi connectivity index (χ2v) is 5.91. The normalized spacial score (nSPS) is 10.0. The largest absolute Gasteiger partial charge is 0.375 e. The van der Waals surface area contributed by atoms with Crippen molar-refractivity contribution in [3.05, 3.63) is 51.7 Å². The number of nitrogens with one attached hydrogen (secondary N) is 3. The molecule has 116 valence electrons. The number of hydrogen-bond donors (Lipinski definition) is 3. The summed E-state index contributed by atoms with van der Waals surface area (Å²) in [4.78, 5) is 24.4. The van der Waals surface area contributed by atoms with Crippen LogP contribution in [0.4, 0.5) is 10.5 Å². The molecule has 2 aromatic rings. The number of carbonyl (C=O) groups is 2. The number of benzene rings is 1. The number of rotatable bonds is 6. The van der Waals surface area contributed by atoms with E-state index in [0.717, 1.165) is 6.42 Å². The third kappa shape index (κ3) is 5.38. The molecule has 1 aromatic heterocycles. The van der Waals surface area contributed by atoms with Crippen molar-refractivity contribution in [3.63, 3.8) is 0 Å². The van der Waals surface area contributed by atoms with E-state index in [0.29, 0.717) is 17.3 Å². The van der Waals surface area contributed by atoms with Crippen molar-refractivity contribution < 1.29 is 9.59 Å². The van der Waals surface area contributed by atoms with Gasteiger partial charge in [-0.2, -0.15) is 0 Å². The Morgan fingerprint density at radius 2 is 1.95 bits per heavy atom. The number of hydrogen-bond acceptors (Lipinski definition) is 4. The summed E-state index contributed by atoms with van der Waals surface area (Å²) in [5.41, 5.74) is 0.650. The lowest BCUT2D eigenvalue weighted by molar-refractivity contribution is -0.118. The lowest BCUT2D eigenvalue weighted by Crippen LogP contribution is -2.42. The zero-order valence-corrected chi connectivity index (χ0v) is 13.3. The van der Waals surface area contributed by atoms with Gasteiger partial charge in [-0.1, -0.05) is 29.8 Å². The van der Waals surface area contributed by atoms with Gasteiger partial charge in [0.1, 0.15) is 0 Å². The molecule has 22 heavy (non-hydrogen) atoms. The van der Waals surface area contributed by atoms with E-state index < -0.39 is 11.9 Å². The van der Waals surface area contributed by atoms with Crippen LogP contribution in [0.3, 0.4) is 0 Å². The Kier molecular flexibility index (Phi) is 6.24. The second kappa shape index (κ2) is 8.41. The van der Waals surface area contributed by atoms with Crippen LogP contribution in [0, 0.1) is 0 Å². The molecule has 1 aromatic carbocycles. The summed E-state index contributed by atoms with van der Waals surface area (Å²) in [6.07, 6.45) is 0.747. The Bertz CT molecular complexity index is 631. The third-order valence-corrected chi connectivity index (χ3v) is 4.07. The first kappa shape index (κ1) is 16.3. The van der Waals surface area contributed by atoms with Gasteiger partial charge in [0, 0.05) is 11.4 Å². The van der Waals surface area contributed by atoms with Crippen LogP contribution >= 0.6 is 22.9 Å². The van der Waals surface area contributed by atoms with Gasteiger partial charge in [-0.25, -0.2) is 4.79 Å². The molecule has 0 unspecified atom stereocenters. The molecular formula is C15H16ClN3O2S. The van der Waals surface area contributed by atoms with E-state index in [1.165, 1.54) is 4.88 Å². The molecule has 0 aliphatic rings. The molecule has 0 saturated carbocycles. The van der Waals surface area contributed by atoms with E-state index >= 15 is 0 Å². The Hall–Kier alpha value is -2.05. The van der Waals surface area contributed by atoms with Gasteiger partial charge in [-0.05, 0) is 30.0 Å². The Morgan fingerprint density at radius 3 is 2.68 bits per heavy atom. The highest BCUT2D eigenvalue weighted by Crippen LogP contribution is 2.19. The van der Waals surface area contributed by atoms with Crippen molar-refractivity contribution in [1.29, 1.82) is 0 Å².